The van der Waals surface area contributed by atoms with E-state index in [0.717, 1.165) is 26.2 Å². The number of aromatic nitrogens is 3. The number of nitrogens with two attached hydrogens (primary N) is 1. The topological polar surface area (TPSA) is 100 Å². The van der Waals surface area contributed by atoms with Gasteiger partial charge in [0.15, 0.2) is 0 Å². The van der Waals surface area contributed by atoms with E-state index < -0.39 is 11.7 Å². The number of amides is 1. The van der Waals surface area contributed by atoms with Crippen LogP contribution >= 0.6 is 0 Å². The molecule has 1 aliphatic rings. The van der Waals surface area contributed by atoms with Crippen molar-refractivity contribution in [2.75, 3.05) is 41.3 Å². The lowest BCUT2D eigenvalue weighted by Crippen LogP contribution is -2.47. The molecular formula is C22H24FN7O. The van der Waals surface area contributed by atoms with E-state index in [4.69, 9.17) is 5.73 Å². The van der Waals surface area contributed by atoms with Crippen LogP contribution in [0.1, 0.15) is 21.5 Å². The van der Waals surface area contributed by atoms with Crippen molar-refractivity contribution in [3.63, 3.8) is 0 Å². The molecule has 0 unspecified atom stereocenters. The number of hydrogen-bond donors (Lipinski definition) is 2. The second-order valence-corrected chi connectivity index (χ2v) is 7.54. The molecular weight excluding hydrogens is 397 g/mol. The minimum atomic E-state index is -0.834. The molecule has 9 heteroatoms. The van der Waals surface area contributed by atoms with Crippen LogP contribution in [0.2, 0.25) is 0 Å². The molecule has 0 aliphatic carbocycles. The maximum absolute atomic E-state index is 13.7. The van der Waals surface area contributed by atoms with Crippen LogP contribution in [0.25, 0.3) is 0 Å². The Hall–Kier alpha value is -3.75. The van der Waals surface area contributed by atoms with Crippen LogP contribution in [0.5, 0.6) is 0 Å². The minimum absolute atomic E-state index is 0.193. The summed E-state index contributed by atoms with van der Waals surface area (Å²) in [7, 11) is 0. The summed E-state index contributed by atoms with van der Waals surface area (Å²) in [6.45, 7) is 7.51. The molecule has 8 nitrogen and oxygen atoms in total. The molecule has 2 heterocycles. The smallest absolute Gasteiger partial charge is 0.251 e. The van der Waals surface area contributed by atoms with Crippen molar-refractivity contribution in [2.45, 2.75) is 13.8 Å². The third-order valence-electron chi connectivity index (χ3n) is 5.47. The van der Waals surface area contributed by atoms with Crippen LogP contribution < -0.4 is 20.9 Å². The van der Waals surface area contributed by atoms with E-state index in [1.165, 1.54) is 41.3 Å². The number of benzene rings is 2. The molecule has 0 atom stereocenters. The standard InChI is InChI=1S/C22H24FN7O/c1-14-3-5-17(11-15(14)2)29-7-9-30(10-8-29)22-26-13-25-21(28-22)27-16-4-6-19(23)18(12-16)20(24)31/h3-6,11-13H,7-10H2,1-2H3,(H2,24,31)(H,25,26,27,28). The summed E-state index contributed by atoms with van der Waals surface area (Å²) in [5.74, 6) is -0.631. The van der Waals surface area contributed by atoms with Crippen LogP contribution in [0.3, 0.4) is 0 Å². The Kier molecular flexibility index (Phi) is 5.66. The van der Waals surface area contributed by atoms with Gasteiger partial charge >= 0.3 is 0 Å². The molecule has 1 saturated heterocycles. The van der Waals surface area contributed by atoms with Crippen molar-refractivity contribution < 1.29 is 9.18 Å². The van der Waals surface area contributed by atoms with E-state index in [1.54, 1.807) is 0 Å². The summed E-state index contributed by atoms with van der Waals surface area (Å²) in [4.78, 5) is 28.7. The van der Waals surface area contributed by atoms with Crippen molar-refractivity contribution in [1.29, 1.82) is 0 Å². The van der Waals surface area contributed by atoms with Crippen molar-refractivity contribution >= 4 is 29.2 Å². The second kappa shape index (κ2) is 8.55. The Balaban J connectivity index is 1.44. The van der Waals surface area contributed by atoms with Gasteiger partial charge < -0.3 is 20.9 Å². The summed E-state index contributed by atoms with van der Waals surface area (Å²) in [5, 5.41) is 2.98. The highest BCUT2D eigenvalue weighted by Gasteiger charge is 2.20. The number of aryl methyl sites for hydroxylation is 2. The van der Waals surface area contributed by atoms with Crippen molar-refractivity contribution in [1.82, 2.24) is 15.0 Å². The third kappa shape index (κ3) is 4.55. The van der Waals surface area contributed by atoms with Gasteiger partial charge in [-0.2, -0.15) is 4.98 Å². The molecule has 31 heavy (non-hydrogen) atoms. The van der Waals surface area contributed by atoms with Crippen LogP contribution in [0, 0.1) is 19.7 Å². The highest BCUT2D eigenvalue weighted by atomic mass is 19.1. The predicted octanol–water partition coefficient (Wildman–Crippen LogP) is 2.80. The summed E-state index contributed by atoms with van der Waals surface area (Å²) in [6.07, 6.45) is 1.43. The highest BCUT2D eigenvalue weighted by Crippen LogP contribution is 2.22. The number of halogens is 1. The monoisotopic (exact) mass is 421 g/mol. The Labute approximate surface area is 179 Å². The summed E-state index contributed by atoms with van der Waals surface area (Å²) in [5.41, 5.74) is 9.28. The van der Waals surface area contributed by atoms with Crippen molar-refractivity contribution in [2.24, 2.45) is 5.73 Å². The number of nitrogens with one attached hydrogen (secondary N) is 1. The SMILES string of the molecule is Cc1ccc(N2CCN(c3ncnc(Nc4ccc(F)c(C(N)=O)c4)n3)CC2)cc1C. The first kappa shape index (κ1) is 20.5. The fourth-order valence-electron chi connectivity index (χ4n) is 3.51. The molecule has 1 fully saturated rings. The zero-order chi connectivity index (χ0) is 22.0. The van der Waals surface area contributed by atoms with Crippen LogP contribution in [0.15, 0.2) is 42.7 Å². The molecule has 0 saturated carbocycles. The van der Waals surface area contributed by atoms with Gasteiger partial charge in [-0.25, -0.2) is 14.4 Å². The van der Waals surface area contributed by atoms with Gasteiger partial charge in [0.1, 0.15) is 12.1 Å². The molecule has 0 radical (unpaired) electrons. The van der Waals surface area contributed by atoms with E-state index >= 15 is 0 Å². The minimum Gasteiger partial charge on any atom is -0.368 e. The van der Waals surface area contributed by atoms with Gasteiger partial charge in [-0.05, 0) is 55.3 Å². The number of rotatable bonds is 5. The lowest BCUT2D eigenvalue weighted by atomic mass is 10.1. The molecule has 1 aromatic heterocycles. The lowest BCUT2D eigenvalue weighted by Gasteiger charge is -2.36. The third-order valence-corrected chi connectivity index (χ3v) is 5.47. The van der Waals surface area contributed by atoms with Gasteiger partial charge in [-0.1, -0.05) is 6.07 Å². The molecule has 1 amide bonds. The summed E-state index contributed by atoms with van der Waals surface area (Å²) in [6, 6.07) is 10.5. The number of hydrogen-bond acceptors (Lipinski definition) is 7. The van der Waals surface area contributed by atoms with Gasteiger partial charge in [-0.3, -0.25) is 4.79 Å². The van der Waals surface area contributed by atoms with E-state index in [-0.39, 0.29) is 5.56 Å². The first-order chi connectivity index (χ1) is 14.9. The fraction of sp³-hybridized carbons (Fsp3) is 0.273. The highest BCUT2D eigenvalue weighted by molar-refractivity contribution is 5.94. The molecule has 160 valence electrons. The van der Waals surface area contributed by atoms with E-state index in [1.807, 2.05) is 0 Å². The molecule has 4 rings (SSSR count). The lowest BCUT2D eigenvalue weighted by molar-refractivity contribution is 0.0996. The van der Waals surface area contributed by atoms with Crippen LogP contribution in [-0.4, -0.2) is 47.0 Å². The zero-order valence-electron chi connectivity index (χ0n) is 17.5. The quantitative estimate of drug-likeness (QED) is 0.653. The Morgan fingerprint density at radius 1 is 1.00 bits per heavy atom. The molecule has 3 N–H and O–H groups in total. The Morgan fingerprint density at radius 3 is 2.45 bits per heavy atom. The van der Waals surface area contributed by atoms with Gasteiger partial charge in [-0.15, -0.1) is 0 Å². The normalized spacial score (nSPS) is 13.9. The first-order valence-electron chi connectivity index (χ1n) is 10.0. The number of carbonyl (C=O) groups excluding carboxylic acids is 1. The van der Waals surface area contributed by atoms with Crippen molar-refractivity contribution in [3.05, 3.63) is 65.2 Å². The van der Waals surface area contributed by atoms with E-state index in [9.17, 15) is 9.18 Å². The second-order valence-electron chi connectivity index (χ2n) is 7.54. The summed E-state index contributed by atoms with van der Waals surface area (Å²) >= 11 is 0. The number of carbonyl (C=O) groups is 1. The molecule has 1 aliphatic heterocycles. The Morgan fingerprint density at radius 2 is 1.74 bits per heavy atom. The van der Waals surface area contributed by atoms with Crippen molar-refractivity contribution in [3.8, 4) is 0 Å². The van der Waals surface area contributed by atoms with E-state index in [0.29, 0.717) is 17.6 Å². The fourth-order valence-corrected chi connectivity index (χ4v) is 3.51. The zero-order valence-corrected chi connectivity index (χ0v) is 17.5. The number of piperazine rings is 1. The van der Waals surface area contributed by atoms with Gasteiger partial charge in [0.05, 0.1) is 5.56 Å². The van der Waals surface area contributed by atoms with Gasteiger partial charge in [0, 0.05) is 37.6 Å². The number of nitrogens with zero attached hydrogens (tertiary/aromatic N) is 5. The van der Waals surface area contributed by atoms with Gasteiger partial charge in [0.25, 0.3) is 5.91 Å². The first-order valence-corrected chi connectivity index (χ1v) is 10.0. The van der Waals surface area contributed by atoms with E-state index in [2.05, 4.69) is 62.1 Å². The van der Waals surface area contributed by atoms with Gasteiger partial charge in [0.2, 0.25) is 11.9 Å². The average Bonchev–Trinajstić information content (AvgIpc) is 2.77. The maximum atomic E-state index is 13.7. The maximum Gasteiger partial charge on any atom is 0.251 e. The number of primary amides is 1. The average molecular weight is 421 g/mol. The predicted molar refractivity (Wildman–Crippen MR) is 118 cm³/mol. The summed E-state index contributed by atoms with van der Waals surface area (Å²) < 4.78 is 13.7. The largest absolute Gasteiger partial charge is 0.368 e. The van der Waals surface area contributed by atoms with Crippen LogP contribution in [0.4, 0.5) is 27.7 Å². The Bertz CT molecular complexity index is 1110. The molecule has 3 aromatic rings. The molecule has 0 spiro atoms. The molecule has 2 aromatic carbocycles. The van der Waals surface area contributed by atoms with Crippen LogP contribution in [-0.2, 0) is 0 Å². The number of anilines is 4. The molecule has 0 bridgehead atoms.